The van der Waals surface area contributed by atoms with E-state index in [-0.39, 0.29) is 5.82 Å². The van der Waals surface area contributed by atoms with Gasteiger partial charge in [-0.3, -0.25) is 0 Å². The summed E-state index contributed by atoms with van der Waals surface area (Å²) in [6.07, 6.45) is 0. The SMILES string of the molecule is Cc1ncsc1Cn1c(N)nc2cc(F)ccc21. The van der Waals surface area contributed by atoms with Crippen molar-refractivity contribution in [3.63, 3.8) is 0 Å². The fraction of sp³-hybridized carbons (Fsp3) is 0.167. The van der Waals surface area contributed by atoms with E-state index in [9.17, 15) is 4.39 Å². The minimum Gasteiger partial charge on any atom is -0.369 e. The number of nitrogen functional groups attached to an aromatic ring is 1. The molecular formula is C12H11FN4S. The molecule has 18 heavy (non-hydrogen) atoms. The van der Waals surface area contributed by atoms with Crippen LogP contribution < -0.4 is 5.73 Å². The minimum atomic E-state index is -0.305. The number of fused-ring (bicyclic) bond motifs is 1. The van der Waals surface area contributed by atoms with E-state index in [0.717, 1.165) is 16.1 Å². The Balaban J connectivity index is 2.11. The van der Waals surface area contributed by atoms with Crippen LogP contribution in [0.4, 0.5) is 10.3 Å². The molecule has 2 N–H and O–H groups in total. The summed E-state index contributed by atoms with van der Waals surface area (Å²) >= 11 is 1.58. The zero-order valence-corrected chi connectivity index (χ0v) is 10.5. The number of nitrogens with two attached hydrogens (primary N) is 1. The average molecular weight is 262 g/mol. The number of hydrogen-bond acceptors (Lipinski definition) is 4. The lowest BCUT2D eigenvalue weighted by molar-refractivity contribution is 0.629. The zero-order chi connectivity index (χ0) is 12.7. The first-order valence-corrected chi connectivity index (χ1v) is 6.33. The number of benzene rings is 1. The predicted octanol–water partition coefficient (Wildman–Crippen LogP) is 2.57. The molecule has 2 aromatic heterocycles. The molecule has 0 amide bonds. The van der Waals surface area contributed by atoms with E-state index in [1.54, 1.807) is 22.9 Å². The van der Waals surface area contributed by atoms with Crippen molar-refractivity contribution in [2.45, 2.75) is 13.5 Å². The first-order valence-electron chi connectivity index (χ1n) is 5.45. The summed E-state index contributed by atoms with van der Waals surface area (Å²) in [5.41, 5.74) is 10.1. The molecule has 0 bridgehead atoms. The van der Waals surface area contributed by atoms with Gasteiger partial charge in [0.15, 0.2) is 0 Å². The summed E-state index contributed by atoms with van der Waals surface area (Å²) in [6, 6.07) is 4.51. The van der Waals surface area contributed by atoms with Crippen LogP contribution in [0, 0.1) is 12.7 Å². The summed E-state index contributed by atoms with van der Waals surface area (Å²) in [4.78, 5) is 9.50. The molecule has 4 nitrogen and oxygen atoms in total. The van der Waals surface area contributed by atoms with Crippen molar-refractivity contribution in [1.29, 1.82) is 0 Å². The maximum atomic E-state index is 13.1. The molecule has 6 heteroatoms. The van der Waals surface area contributed by atoms with Crippen LogP contribution in [0.2, 0.25) is 0 Å². The van der Waals surface area contributed by atoms with Gasteiger partial charge in [-0.25, -0.2) is 14.4 Å². The number of imidazole rings is 1. The Morgan fingerprint density at radius 3 is 3.00 bits per heavy atom. The molecule has 0 aliphatic heterocycles. The van der Waals surface area contributed by atoms with Gasteiger partial charge in [-0.1, -0.05) is 0 Å². The molecule has 0 fully saturated rings. The molecule has 92 valence electrons. The maximum absolute atomic E-state index is 13.1. The fourth-order valence-corrected chi connectivity index (χ4v) is 2.67. The van der Waals surface area contributed by atoms with Crippen molar-refractivity contribution in [2.24, 2.45) is 0 Å². The van der Waals surface area contributed by atoms with Gasteiger partial charge < -0.3 is 10.3 Å². The predicted molar refractivity (Wildman–Crippen MR) is 70.1 cm³/mol. The molecule has 0 saturated heterocycles. The number of thiazole rings is 1. The number of anilines is 1. The van der Waals surface area contributed by atoms with E-state index in [4.69, 9.17) is 5.73 Å². The summed E-state index contributed by atoms with van der Waals surface area (Å²) in [5.74, 6) is 0.0875. The Bertz CT molecular complexity index is 716. The van der Waals surface area contributed by atoms with Gasteiger partial charge in [-0.05, 0) is 19.1 Å². The first-order chi connectivity index (χ1) is 8.65. The topological polar surface area (TPSA) is 56.7 Å². The second-order valence-electron chi connectivity index (χ2n) is 4.05. The second-order valence-corrected chi connectivity index (χ2v) is 4.99. The minimum absolute atomic E-state index is 0.305. The lowest BCUT2D eigenvalue weighted by Gasteiger charge is -2.05. The Hall–Kier alpha value is -1.95. The third kappa shape index (κ3) is 1.74. The van der Waals surface area contributed by atoms with E-state index < -0.39 is 0 Å². The van der Waals surface area contributed by atoms with Crippen LogP contribution in [-0.4, -0.2) is 14.5 Å². The summed E-state index contributed by atoms with van der Waals surface area (Å²) in [5, 5.41) is 0. The van der Waals surface area contributed by atoms with Gasteiger partial charge in [0, 0.05) is 10.9 Å². The molecule has 3 aromatic rings. The number of aryl methyl sites for hydroxylation is 1. The molecule has 0 aliphatic carbocycles. The molecule has 0 spiro atoms. The van der Waals surface area contributed by atoms with Crippen LogP contribution in [0.25, 0.3) is 11.0 Å². The summed E-state index contributed by atoms with van der Waals surface area (Å²) in [6.45, 7) is 2.57. The van der Waals surface area contributed by atoms with Crippen LogP contribution >= 0.6 is 11.3 Å². The van der Waals surface area contributed by atoms with E-state index in [2.05, 4.69) is 9.97 Å². The Morgan fingerprint density at radius 2 is 2.28 bits per heavy atom. The highest BCUT2D eigenvalue weighted by Crippen LogP contribution is 2.22. The Labute approximate surface area is 107 Å². The van der Waals surface area contributed by atoms with Crippen LogP contribution in [0.5, 0.6) is 0 Å². The van der Waals surface area contributed by atoms with E-state index in [1.807, 2.05) is 11.5 Å². The highest BCUT2D eigenvalue weighted by atomic mass is 32.1. The van der Waals surface area contributed by atoms with E-state index in [1.165, 1.54) is 12.1 Å². The van der Waals surface area contributed by atoms with Crippen molar-refractivity contribution in [3.8, 4) is 0 Å². The second kappa shape index (κ2) is 4.06. The van der Waals surface area contributed by atoms with Crippen molar-refractivity contribution in [2.75, 3.05) is 5.73 Å². The maximum Gasteiger partial charge on any atom is 0.201 e. The molecule has 0 saturated carbocycles. The van der Waals surface area contributed by atoms with Gasteiger partial charge >= 0.3 is 0 Å². The van der Waals surface area contributed by atoms with Gasteiger partial charge in [0.1, 0.15) is 5.82 Å². The lowest BCUT2D eigenvalue weighted by Crippen LogP contribution is -2.04. The number of rotatable bonds is 2. The normalized spacial score (nSPS) is 11.2. The van der Waals surface area contributed by atoms with E-state index >= 15 is 0 Å². The molecule has 0 aliphatic rings. The average Bonchev–Trinajstić information content (AvgIpc) is 2.85. The number of halogens is 1. The Morgan fingerprint density at radius 1 is 1.44 bits per heavy atom. The fourth-order valence-electron chi connectivity index (χ4n) is 1.91. The largest absolute Gasteiger partial charge is 0.369 e. The Kier molecular flexibility index (Phi) is 2.52. The van der Waals surface area contributed by atoms with Crippen molar-refractivity contribution < 1.29 is 4.39 Å². The zero-order valence-electron chi connectivity index (χ0n) is 9.72. The molecule has 3 rings (SSSR count). The van der Waals surface area contributed by atoms with Crippen LogP contribution in [0.3, 0.4) is 0 Å². The number of nitrogens with zero attached hydrogens (tertiary/aromatic N) is 3. The number of hydrogen-bond donors (Lipinski definition) is 1. The smallest absolute Gasteiger partial charge is 0.201 e. The molecule has 0 radical (unpaired) electrons. The quantitative estimate of drug-likeness (QED) is 0.772. The van der Waals surface area contributed by atoms with Crippen molar-refractivity contribution in [1.82, 2.24) is 14.5 Å². The van der Waals surface area contributed by atoms with Crippen LogP contribution in [0.15, 0.2) is 23.7 Å². The van der Waals surface area contributed by atoms with Gasteiger partial charge in [-0.2, -0.15) is 0 Å². The monoisotopic (exact) mass is 262 g/mol. The lowest BCUT2D eigenvalue weighted by atomic mass is 10.3. The molecule has 2 heterocycles. The van der Waals surface area contributed by atoms with Gasteiger partial charge in [0.05, 0.1) is 28.8 Å². The standard InChI is InChI=1S/C12H11FN4S/c1-7-11(18-6-15-7)5-17-10-3-2-8(13)4-9(10)16-12(17)14/h2-4,6H,5H2,1H3,(H2,14,16). The summed E-state index contributed by atoms with van der Waals surface area (Å²) < 4.78 is 15.0. The third-order valence-electron chi connectivity index (χ3n) is 2.89. The van der Waals surface area contributed by atoms with Crippen LogP contribution in [0.1, 0.15) is 10.6 Å². The third-order valence-corrected chi connectivity index (χ3v) is 3.81. The molecular weight excluding hydrogens is 251 g/mol. The molecule has 0 unspecified atom stereocenters. The number of aromatic nitrogens is 3. The highest BCUT2D eigenvalue weighted by molar-refractivity contribution is 7.09. The highest BCUT2D eigenvalue weighted by Gasteiger charge is 2.11. The van der Waals surface area contributed by atoms with Crippen LogP contribution in [-0.2, 0) is 6.54 Å². The van der Waals surface area contributed by atoms with Gasteiger partial charge in [0.2, 0.25) is 5.95 Å². The van der Waals surface area contributed by atoms with Gasteiger partial charge in [0.25, 0.3) is 0 Å². The van der Waals surface area contributed by atoms with Crippen molar-refractivity contribution in [3.05, 3.63) is 40.1 Å². The van der Waals surface area contributed by atoms with E-state index in [0.29, 0.717) is 18.0 Å². The summed E-state index contributed by atoms with van der Waals surface area (Å²) in [7, 11) is 0. The van der Waals surface area contributed by atoms with Gasteiger partial charge in [-0.15, -0.1) is 11.3 Å². The van der Waals surface area contributed by atoms with Crippen molar-refractivity contribution >= 4 is 28.3 Å². The first kappa shape index (κ1) is 11.2. The molecule has 0 atom stereocenters. The molecule has 1 aromatic carbocycles.